The molecular formula is C17H19BrN2O2S. The van der Waals surface area contributed by atoms with Gasteiger partial charge in [0.15, 0.2) is 0 Å². The van der Waals surface area contributed by atoms with Crippen molar-refractivity contribution in [1.82, 2.24) is 4.72 Å². The first kappa shape index (κ1) is 16.5. The van der Waals surface area contributed by atoms with Gasteiger partial charge in [0.05, 0.1) is 4.90 Å². The highest BCUT2D eigenvalue weighted by Gasteiger charge is 2.24. The molecule has 0 aliphatic carbocycles. The Morgan fingerprint density at radius 3 is 2.48 bits per heavy atom. The fourth-order valence-corrected chi connectivity index (χ4v) is 4.18. The molecule has 122 valence electrons. The summed E-state index contributed by atoms with van der Waals surface area (Å²) in [5.74, 6) is 0.334. The summed E-state index contributed by atoms with van der Waals surface area (Å²) >= 11 is 3.31. The molecule has 6 heteroatoms. The molecule has 1 fully saturated rings. The number of benzene rings is 2. The fraction of sp³-hybridized carbons (Fsp3) is 0.294. The molecule has 0 spiro atoms. The second kappa shape index (κ2) is 7.03. The summed E-state index contributed by atoms with van der Waals surface area (Å²) in [5, 5.41) is 0. The van der Waals surface area contributed by atoms with Crippen LogP contribution in [0.25, 0.3) is 0 Å². The van der Waals surface area contributed by atoms with Crippen molar-refractivity contribution in [2.75, 3.05) is 24.5 Å². The minimum Gasteiger partial charge on any atom is -0.371 e. The summed E-state index contributed by atoms with van der Waals surface area (Å²) in [5.41, 5.74) is 1.20. The molecule has 1 aliphatic rings. The SMILES string of the molecule is O=S(=O)(NCC1CCN(c2ccccc2)C1)c1ccc(Br)cc1. The third-order valence-corrected chi connectivity index (χ3v) is 6.06. The van der Waals surface area contributed by atoms with E-state index in [-0.39, 0.29) is 0 Å². The third-order valence-electron chi connectivity index (χ3n) is 4.09. The van der Waals surface area contributed by atoms with Gasteiger partial charge in [-0.25, -0.2) is 13.1 Å². The standard InChI is InChI=1S/C17H19BrN2O2S/c18-15-6-8-17(9-7-15)23(21,22)19-12-14-10-11-20(13-14)16-4-2-1-3-5-16/h1-9,14,19H,10-13H2. The monoisotopic (exact) mass is 394 g/mol. The smallest absolute Gasteiger partial charge is 0.240 e. The maximum Gasteiger partial charge on any atom is 0.240 e. The van der Waals surface area contributed by atoms with Crippen molar-refractivity contribution in [3.8, 4) is 0 Å². The minimum absolute atomic E-state index is 0.304. The van der Waals surface area contributed by atoms with Crippen LogP contribution >= 0.6 is 15.9 Å². The van der Waals surface area contributed by atoms with E-state index in [0.29, 0.717) is 17.4 Å². The maximum atomic E-state index is 12.3. The van der Waals surface area contributed by atoms with Crippen LogP contribution < -0.4 is 9.62 Å². The Bertz CT molecular complexity index is 748. The number of para-hydroxylation sites is 1. The predicted molar refractivity (Wildman–Crippen MR) is 96.1 cm³/mol. The molecule has 1 saturated heterocycles. The van der Waals surface area contributed by atoms with Gasteiger partial charge in [-0.1, -0.05) is 34.1 Å². The maximum absolute atomic E-state index is 12.3. The van der Waals surface area contributed by atoms with Gasteiger partial charge < -0.3 is 4.90 Å². The Kier molecular flexibility index (Phi) is 5.04. The molecule has 2 aromatic carbocycles. The van der Waals surface area contributed by atoms with Crippen molar-refractivity contribution in [2.45, 2.75) is 11.3 Å². The van der Waals surface area contributed by atoms with Crippen LogP contribution in [0.5, 0.6) is 0 Å². The Labute approximate surface area is 145 Å². The third kappa shape index (κ3) is 4.13. The van der Waals surface area contributed by atoms with Crippen LogP contribution in [-0.2, 0) is 10.0 Å². The van der Waals surface area contributed by atoms with Crippen molar-refractivity contribution in [1.29, 1.82) is 0 Å². The molecule has 1 N–H and O–H groups in total. The number of halogens is 1. The molecule has 3 rings (SSSR count). The second-order valence-electron chi connectivity index (χ2n) is 5.74. The molecule has 0 bridgehead atoms. The second-order valence-corrected chi connectivity index (χ2v) is 8.42. The Morgan fingerprint density at radius 2 is 1.78 bits per heavy atom. The Balaban J connectivity index is 1.58. The number of anilines is 1. The van der Waals surface area contributed by atoms with E-state index in [1.54, 1.807) is 24.3 Å². The van der Waals surface area contributed by atoms with Crippen molar-refractivity contribution in [3.63, 3.8) is 0 Å². The molecule has 0 radical (unpaired) electrons. The first-order valence-corrected chi connectivity index (χ1v) is 9.87. The Hall–Kier alpha value is -1.37. The highest BCUT2D eigenvalue weighted by molar-refractivity contribution is 9.10. The van der Waals surface area contributed by atoms with E-state index in [1.807, 2.05) is 18.2 Å². The van der Waals surface area contributed by atoms with Crippen LogP contribution in [-0.4, -0.2) is 28.1 Å². The summed E-state index contributed by atoms with van der Waals surface area (Å²) in [6.07, 6.45) is 0.998. The van der Waals surface area contributed by atoms with Crippen LogP contribution in [0, 0.1) is 5.92 Å². The van der Waals surface area contributed by atoms with E-state index >= 15 is 0 Å². The van der Waals surface area contributed by atoms with E-state index in [1.165, 1.54) is 5.69 Å². The number of sulfonamides is 1. The van der Waals surface area contributed by atoms with E-state index in [9.17, 15) is 8.42 Å². The van der Waals surface area contributed by atoms with Crippen molar-refractivity contribution in [3.05, 3.63) is 59.1 Å². The number of nitrogens with one attached hydrogen (secondary N) is 1. The van der Waals surface area contributed by atoms with Gasteiger partial charge in [-0.3, -0.25) is 0 Å². The van der Waals surface area contributed by atoms with E-state index in [4.69, 9.17) is 0 Å². The summed E-state index contributed by atoms with van der Waals surface area (Å²) in [6, 6.07) is 16.9. The van der Waals surface area contributed by atoms with Crippen LogP contribution in [0.15, 0.2) is 64.0 Å². The molecule has 0 amide bonds. The number of nitrogens with zero attached hydrogens (tertiary/aromatic N) is 1. The average Bonchev–Trinajstić information content (AvgIpc) is 3.03. The number of rotatable bonds is 5. The zero-order valence-electron chi connectivity index (χ0n) is 12.7. The fourth-order valence-electron chi connectivity index (χ4n) is 2.80. The molecule has 4 nitrogen and oxygen atoms in total. The first-order valence-electron chi connectivity index (χ1n) is 7.60. The van der Waals surface area contributed by atoms with Gasteiger partial charge in [0.2, 0.25) is 10.0 Å². The normalized spacial score (nSPS) is 18.3. The lowest BCUT2D eigenvalue weighted by Crippen LogP contribution is -2.31. The minimum atomic E-state index is -3.44. The van der Waals surface area contributed by atoms with Crippen molar-refractivity contribution in [2.24, 2.45) is 5.92 Å². The van der Waals surface area contributed by atoms with Crippen molar-refractivity contribution < 1.29 is 8.42 Å². The van der Waals surface area contributed by atoms with Gasteiger partial charge in [0.25, 0.3) is 0 Å². The van der Waals surface area contributed by atoms with E-state index in [2.05, 4.69) is 37.7 Å². The summed E-state index contributed by atoms with van der Waals surface area (Å²) in [4.78, 5) is 2.61. The highest BCUT2D eigenvalue weighted by atomic mass is 79.9. The zero-order chi connectivity index (χ0) is 16.3. The topological polar surface area (TPSA) is 49.4 Å². The van der Waals surface area contributed by atoms with Gasteiger partial charge in [0.1, 0.15) is 0 Å². The first-order chi connectivity index (χ1) is 11.0. The summed E-state index contributed by atoms with van der Waals surface area (Å²) in [6.45, 7) is 2.32. The molecular weight excluding hydrogens is 376 g/mol. The van der Waals surface area contributed by atoms with Crippen LogP contribution in [0.4, 0.5) is 5.69 Å². The molecule has 2 aromatic rings. The largest absolute Gasteiger partial charge is 0.371 e. The van der Waals surface area contributed by atoms with Crippen molar-refractivity contribution >= 4 is 31.6 Å². The van der Waals surface area contributed by atoms with E-state index < -0.39 is 10.0 Å². The van der Waals surface area contributed by atoms with E-state index in [0.717, 1.165) is 24.0 Å². The van der Waals surface area contributed by atoms with Crippen LogP contribution in [0.1, 0.15) is 6.42 Å². The lowest BCUT2D eigenvalue weighted by molar-refractivity contribution is 0.541. The summed E-state index contributed by atoms with van der Waals surface area (Å²) < 4.78 is 28.2. The molecule has 1 aliphatic heterocycles. The zero-order valence-corrected chi connectivity index (χ0v) is 15.1. The molecule has 0 aromatic heterocycles. The van der Waals surface area contributed by atoms with Gasteiger partial charge in [0, 0.05) is 29.8 Å². The number of hydrogen-bond donors (Lipinski definition) is 1. The molecule has 0 saturated carbocycles. The quantitative estimate of drug-likeness (QED) is 0.846. The van der Waals surface area contributed by atoms with Gasteiger partial charge in [-0.2, -0.15) is 0 Å². The average molecular weight is 395 g/mol. The van der Waals surface area contributed by atoms with Crippen LogP contribution in [0.2, 0.25) is 0 Å². The molecule has 1 atom stereocenters. The van der Waals surface area contributed by atoms with Gasteiger partial charge in [-0.15, -0.1) is 0 Å². The van der Waals surface area contributed by atoms with Crippen LogP contribution in [0.3, 0.4) is 0 Å². The molecule has 1 unspecified atom stereocenters. The number of hydrogen-bond acceptors (Lipinski definition) is 3. The Morgan fingerprint density at radius 1 is 1.09 bits per heavy atom. The van der Waals surface area contributed by atoms with Gasteiger partial charge in [-0.05, 0) is 48.7 Å². The molecule has 1 heterocycles. The van der Waals surface area contributed by atoms with Gasteiger partial charge >= 0.3 is 0 Å². The predicted octanol–water partition coefficient (Wildman–Crippen LogP) is 3.25. The highest BCUT2D eigenvalue weighted by Crippen LogP contribution is 2.23. The lowest BCUT2D eigenvalue weighted by atomic mass is 10.1. The summed E-state index contributed by atoms with van der Waals surface area (Å²) in [7, 11) is -3.44. The lowest BCUT2D eigenvalue weighted by Gasteiger charge is -2.18. The molecule has 23 heavy (non-hydrogen) atoms.